The highest BCUT2D eigenvalue weighted by Crippen LogP contribution is 2.26. The maximum Gasteiger partial charge on any atom is 0.335 e. The lowest BCUT2D eigenvalue weighted by Crippen LogP contribution is -2.14. The molecule has 0 spiro atoms. The number of aromatic carboxylic acids is 1. The molecule has 0 bridgehead atoms. The molecule has 3 rings (SSSR count). The summed E-state index contributed by atoms with van der Waals surface area (Å²) in [4.78, 5) is 10.9. The molecule has 0 aliphatic rings. The van der Waals surface area contributed by atoms with E-state index in [-0.39, 0.29) is 18.0 Å². The van der Waals surface area contributed by atoms with Crippen LogP contribution in [-0.2, 0) is 19.7 Å². The van der Waals surface area contributed by atoms with Crippen LogP contribution in [0.3, 0.4) is 0 Å². The van der Waals surface area contributed by atoms with Gasteiger partial charge in [-0.3, -0.25) is 0 Å². The van der Waals surface area contributed by atoms with Gasteiger partial charge < -0.3 is 15.2 Å². The van der Waals surface area contributed by atoms with Crippen LogP contribution in [0, 0.1) is 5.82 Å². The van der Waals surface area contributed by atoms with Crippen molar-refractivity contribution in [3.05, 3.63) is 98.2 Å². The van der Waals surface area contributed by atoms with E-state index in [2.05, 4.69) is 21.2 Å². The molecule has 0 atom stereocenters. The summed E-state index contributed by atoms with van der Waals surface area (Å²) in [5.41, 5.74) is 2.88. The predicted octanol–water partition coefficient (Wildman–Crippen LogP) is 5.81. The van der Waals surface area contributed by atoms with E-state index in [4.69, 9.17) is 21.4 Å². The summed E-state index contributed by atoms with van der Waals surface area (Å²) in [6.45, 7) is 1.35. The normalized spacial score (nSPS) is 10.7. The van der Waals surface area contributed by atoms with Gasteiger partial charge in [0.05, 0.1) is 10.6 Å². The van der Waals surface area contributed by atoms with Gasteiger partial charge in [-0.05, 0) is 48.0 Å². The Labute approximate surface area is 181 Å². The SMILES string of the molecule is O=C(O)c1ccc(CNCc2cc(Br)ccc2OCc2ccc(F)cc2Cl)cc1. The predicted molar refractivity (Wildman–Crippen MR) is 114 cm³/mol. The van der Waals surface area contributed by atoms with E-state index in [1.807, 2.05) is 18.2 Å². The van der Waals surface area contributed by atoms with Crippen LogP contribution in [-0.4, -0.2) is 11.1 Å². The van der Waals surface area contributed by atoms with Gasteiger partial charge in [-0.15, -0.1) is 0 Å². The molecule has 150 valence electrons. The molecule has 29 heavy (non-hydrogen) atoms. The minimum absolute atomic E-state index is 0.227. The first-order valence-electron chi connectivity index (χ1n) is 8.80. The lowest BCUT2D eigenvalue weighted by Gasteiger charge is -2.14. The fourth-order valence-corrected chi connectivity index (χ4v) is 3.36. The molecule has 2 N–H and O–H groups in total. The number of carboxylic acid groups (broad SMARTS) is 1. The van der Waals surface area contributed by atoms with Crippen LogP contribution >= 0.6 is 27.5 Å². The quantitative estimate of drug-likeness (QED) is 0.429. The Bertz CT molecular complexity index is 1010. The highest BCUT2D eigenvalue weighted by molar-refractivity contribution is 9.10. The second kappa shape index (κ2) is 9.87. The average molecular weight is 479 g/mol. The van der Waals surface area contributed by atoms with E-state index < -0.39 is 5.97 Å². The fourth-order valence-electron chi connectivity index (χ4n) is 2.73. The van der Waals surface area contributed by atoms with Gasteiger partial charge in [0.1, 0.15) is 18.2 Å². The maximum absolute atomic E-state index is 13.2. The minimum Gasteiger partial charge on any atom is -0.489 e. The van der Waals surface area contributed by atoms with E-state index >= 15 is 0 Å². The van der Waals surface area contributed by atoms with Gasteiger partial charge in [-0.25, -0.2) is 9.18 Å². The summed E-state index contributed by atoms with van der Waals surface area (Å²) >= 11 is 9.53. The zero-order valence-corrected chi connectivity index (χ0v) is 17.6. The number of benzene rings is 3. The largest absolute Gasteiger partial charge is 0.489 e. The van der Waals surface area contributed by atoms with E-state index in [1.54, 1.807) is 30.3 Å². The fraction of sp³-hybridized carbons (Fsp3) is 0.136. The maximum atomic E-state index is 13.2. The monoisotopic (exact) mass is 477 g/mol. The van der Waals surface area contributed by atoms with Crippen molar-refractivity contribution >= 4 is 33.5 Å². The van der Waals surface area contributed by atoms with Crippen molar-refractivity contribution in [2.75, 3.05) is 0 Å². The summed E-state index contributed by atoms with van der Waals surface area (Å²) in [7, 11) is 0. The first-order valence-corrected chi connectivity index (χ1v) is 9.97. The Morgan fingerprint density at radius 2 is 1.79 bits per heavy atom. The van der Waals surface area contributed by atoms with Crippen LogP contribution < -0.4 is 10.1 Å². The first kappa shape index (κ1) is 21.3. The zero-order valence-electron chi connectivity index (χ0n) is 15.3. The van der Waals surface area contributed by atoms with Crippen LogP contribution in [0.25, 0.3) is 0 Å². The molecule has 0 saturated heterocycles. The van der Waals surface area contributed by atoms with Crippen LogP contribution in [0.5, 0.6) is 5.75 Å². The molecule has 7 heteroatoms. The molecule has 0 aliphatic heterocycles. The Balaban J connectivity index is 1.63. The van der Waals surface area contributed by atoms with Crippen molar-refractivity contribution in [3.8, 4) is 5.75 Å². The van der Waals surface area contributed by atoms with Gasteiger partial charge in [-0.2, -0.15) is 0 Å². The van der Waals surface area contributed by atoms with Crippen LogP contribution in [0.15, 0.2) is 65.1 Å². The summed E-state index contributed by atoms with van der Waals surface area (Å²) in [5, 5.41) is 12.6. The Kier molecular flexibility index (Phi) is 7.25. The number of hydrogen-bond acceptors (Lipinski definition) is 3. The first-order chi connectivity index (χ1) is 13.9. The summed E-state index contributed by atoms with van der Waals surface area (Å²) < 4.78 is 20.0. The Hall–Kier alpha value is -2.41. The van der Waals surface area contributed by atoms with Gasteiger partial charge in [0.2, 0.25) is 0 Å². The van der Waals surface area contributed by atoms with Crippen LogP contribution in [0.4, 0.5) is 4.39 Å². The van der Waals surface area contributed by atoms with Gasteiger partial charge >= 0.3 is 5.97 Å². The number of hydrogen-bond donors (Lipinski definition) is 2. The topological polar surface area (TPSA) is 58.6 Å². The molecular formula is C22H18BrClFNO3. The smallest absolute Gasteiger partial charge is 0.335 e. The molecule has 0 aromatic heterocycles. The molecule has 3 aromatic rings. The third-order valence-electron chi connectivity index (χ3n) is 4.27. The lowest BCUT2D eigenvalue weighted by molar-refractivity contribution is 0.0697. The Morgan fingerprint density at radius 3 is 2.48 bits per heavy atom. The second-order valence-electron chi connectivity index (χ2n) is 6.38. The average Bonchev–Trinajstić information content (AvgIpc) is 2.69. The molecule has 0 unspecified atom stereocenters. The standard InChI is InChI=1S/C22H18BrClFNO3/c23-18-6-8-21(29-13-16-5-7-19(25)10-20(16)24)17(9-18)12-26-11-14-1-3-15(4-2-14)22(27)28/h1-10,26H,11-13H2,(H,27,28). The number of nitrogens with one attached hydrogen (secondary N) is 1. The third kappa shape index (κ3) is 6.03. The summed E-state index contributed by atoms with van der Waals surface area (Å²) in [6, 6.07) is 16.7. The molecular weight excluding hydrogens is 461 g/mol. The van der Waals surface area contributed by atoms with Crippen LogP contribution in [0.2, 0.25) is 5.02 Å². The number of rotatable bonds is 8. The van der Waals surface area contributed by atoms with Crippen molar-refractivity contribution < 1.29 is 19.0 Å². The molecule has 0 fully saturated rings. The van der Waals surface area contributed by atoms with E-state index in [1.165, 1.54) is 12.1 Å². The Morgan fingerprint density at radius 1 is 1.03 bits per heavy atom. The summed E-state index contributed by atoms with van der Waals surface area (Å²) in [5.74, 6) is -0.632. The van der Waals surface area contributed by atoms with Crippen molar-refractivity contribution in [2.45, 2.75) is 19.7 Å². The van der Waals surface area contributed by atoms with E-state index in [0.29, 0.717) is 29.4 Å². The van der Waals surface area contributed by atoms with Crippen molar-refractivity contribution in [1.29, 1.82) is 0 Å². The second-order valence-corrected chi connectivity index (χ2v) is 7.70. The summed E-state index contributed by atoms with van der Waals surface area (Å²) in [6.07, 6.45) is 0. The van der Waals surface area contributed by atoms with Gasteiger partial charge in [0, 0.05) is 28.7 Å². The molecule has 0 heterocycles. The molecule has 0 amide bonds. The molecule has 0 saturated carbocycles. The number of halogens is 3. The molecule has 3 aromatic carbocycles. The van der Waals surface area contributed by atoms with Gasteiger partial charge in [-0.1, -0.05) is 45.7 Å². The highest BCUT2D eigenvalue weighted by atomic mass is 79.9. The van der Waals surface area contributed by atoms with E-state index in [9.17, 15) is 9.18 Å². The number of ether oxygens (including phenoxy) is 1. The van der Waals surface area contributed by atoms with Crippen molar-refractivity contribution in [3.63, 3.8) is 0 Å². The number of carbonyl (C=O) groups is 1. The zero-order chi connectivity index (χ0) is 20.8. The highest BCUT2D eigenvalue weighted by Gasteiger charge is 2.08. The molecule has 0 aliphatic carbocycles. The van der Waals surface area contributed by atoms with Gasteiger partial charge in [0.15, 0.2) is 0 Å². The molecule has 0 radical (unpaired) electrons. The van der Waals surface area contributed by atoms with Crippen LogP contribution in [0.1, 0.15) is 27.0 Å². The molecule has 4 nitrogen and oxygen atoms in total. The van der Waals surface area contributed by atoms with Crippen molar-refractivity contribution in [2.24, 2.45) is 0 Å². The third-order valence-corrected chi connectivity index (χ3v) is 5.11. The minimum atomic E-state index is -0.943. The van der Waals surface area contributed by atoms with Crippen molar-refractivity contribution in [1.82, 2.24) is 5.32 Å². The lowest BCUT2D eigenvalue weighted by atomic mass is 10.1. The van der Waals surface area contributed by atoms with E-state index in [0.717, 1.165) is 15.6 Å². The number of carboxylic acids is 1. The van der Waals surface area contributed by atoms with Gasteiger partial charge in [0.25, 0.3) is 0 Å².